The Kier molecular flexibility index (Phi) is 2.64. The van der Waals surface area contributed by atoms with Crippen LogP contribution in [-0.4, -0.2) is 21.0 Å². The van der Waals surface area contributed by atoms with Crippen LogP contribution in [0.2, 0.25) is 0 Å². The molecule has 2 heterocycles. The number of carboxylic acids is 1. The summed E-state index contributed by atoms with van der Waals surface area (Å²) in [6.07, 6.45) is 3.06. The number of aryl methyl sites for hydroxylation is 1. The van der Waals surface area contributed by atoms with Crippen molar-refractivity contribution in [2.75, 3.05) is 0 Å². The molecule has 0 aliphatic rings. The molecule has 2 rings (SSSR count). The molecular weight excluding hydrogens is 204 g/mol. The van der Waals surface area contributed by atoms with Gasteiger partial charge >= 0.3 is 5.97 Å². The summed E-state index contributed by atoms with van der Waals surface area (Å²) in [7, 11) is 0. The minimum atomic E-state index is -0.970. The van der Waals surface area contributed by atoms with Gasteiger partial charge in [0.15, 0.2) is 0 Å². The van der Waals surface area contributed by atoms with Crippen molar-refractivity contribution in [2.45, 2.75) is 6.92 Å². The van der Waals surface area contributed by atoms with Crippen LogP contribution < -0.4 is 0 Å². The number of hydrogen-bond acceptors (Lipinski definition) is 3. The lowest BCUT2D eigenvalue weighted by Crippen LogP contribution is -1.97. The lowest BCUT2D eigenvalue weighted by molar-refractivity contribution is 0.0696. The summed E-state index contributed by atoms with van der Waals surface area (Å²) in [5.41, 5.74) is 2.71. The van der Waals surface area contributed by atoms with Crippen molar-refractivity contribution in [3.8, 4) is 11.3 Å². The molecule has 16 heavy (non-hydrogen) atoms. The number of hydrogen-bond donors (Lipinski definition) is 1. The number of nitrogens with zero attached hydrogens (tertiary/aromatic N) is 2. The predicted octanol–water partition coefficient (Wildman–Crippen LogP) is 2.15. The van der Waals surface area contributed by atoms with E-state index in [-0.39, 0.29) is 5.56 Å². The fraction of sp³-hybridized carbons (Fsp3) is 0.0833. The maximum atomic E-state index is 10.7. The highest BCUT2D eigenvalue weighted by Crippen LogP contribution is 2.19. The first-order chi connectivity index (χ1) is 7.68. The second-order valence-electron chi connectivity index (χ2n) is 3.37. The first-order valence-electron chi connectivity index (χ1n) is 4.80. The van der Waals surface area contributed by atoms with Crippen molar-refractivity contribution >= 4 is 5.97 Å². The van der Waals surface area contributed by atoms with Gasteiger partial charge in [-0.05, 0) is 31.2 Å². The molecule has 0 atom stereocenters. The van der Waals surface area contributed by atoms with Gasteiger partial charge in [-0.2, -0.15) is 0 Å². The standard InChI is InChI=1S/C12H10N2O2/c1-8-10(3-2-6-13-8)11-5-4-9(7-14-11)12(15)16/h2-7H,1H3,(H,15,16). The van der Waals surface area contributed by atoms with E-state index in [9.17, 15) is 4.79 Å². The van der Waals surface area contributed by atoms with Crippen LogP contribution in [-0.2, 0) is 0 Å². The van der Waals surface area contributed by atoms with Gasteiger partial charge in [0, 0.05) is 23.7 Å². The number of carbonyl (C=O) groups is 1. The second-order valence-corrected chi connectivity index (χ2v) is 3.37. The van der Waals surface area contributed by atoms with Crippen molar-refractivity contribution in [1.82, 2.24) is 9.97 Å². The Morgan fingerprint density at radius 1 is 1.25 bits per heavy atom. The molecule has 0 radical (unpaired) electrons. The summed E-state index contributed by atoms with van der Waals surface area (Å²) in [5, 5.41) is 8.75. The van der Waals surface area contributed by atoms with Crippen molar-refractivity contribution in [3.05, 3.63) is 47.9 Å². The van der Waals surface area contributed by atoms with Crippen molar-refractivity contribution in [1.29, 1.82) is 0 Å². The van der Waals surface area contributed by atoms with Crippen molar-refractivity contribution in [3.63, 3.8) is 0 Å². The summed E-state index contributed by atoms with van der Waals surface area (Å²) in [4.78, 5) is 18.9. The molecule has 2 aromatic heterocycles. The van der Waals surface area contributed by atoms with E-state index < -0.39 is 5.97 Å². The van der Waals surface area contributed by atoms with Crippen LogP contribution >= 0.6 is 0 Å². The maximum absolute atomic E-state index is 10.7. The van der Waals surface area contributed by atoms with E-state index in [0.717, 1.165) is 17.0 Å². The van der Waals surface area contributed by atoms with Gasteiger partial charge in [-0.1, -0.05) is 0 Å². The fourth-order valence-corrected chi connectivity index (χ4v) is 1.43. The quantitative estimate of drug-likeness (QED) is 0.831. The minimum absolute atomic E-state index is 0.185. The molecule has 0 saturated carbocycles. The zero-order chi connectivity index (χ0) is 11.5. The first-order valence-corrected chi connectivity index (χ1v) is 4.80. The van der Waals surface area contributed by atoms with Crippen LogP contribution in [0.25, 0.3) is 11.3 Å². The van der Waals surface area contributed by atoms with Gasteiger partial charge in [-0.25, -0.2) is 4.79 Å². The van der Waals surface area contributed by atoms with Crippen molar-refractivity contribution < 1.29 is 9.90 Å². The van der Waals surface area contributed by atoms with E-state index in [2.05, 4.69) is 9.97 Å². The Morgan fingerprint density at radius 3 is 2.62 bits per heavy atom. The maximum Gasteiger partial charge on any atom is 0.337 e. The Balaban J connectivity index is 2.43. The van der Waals surface area contributed by atoms with E-state index in [4.69, 9.17) is 5.11 Å². The molecule has 0 amide bonds. The molecule has 80 valence electrons. The number of rotatable bonds is 2. The van der Waals surface area contributed by atoms with Gasteiger partial charge in [-0.15, -0.1) is 0 Å². The molecule has 4 nitrogen and oxygen atoms in total. The molecule has 0 saturated heterocycles. The molecule has 0 bridgehead atoms. The van der Waals surface area contributed by atoms with Crippen LogP contribution in [0.4, 0.5) is 0 Å². The molecule has 0 spiro atoms. The summed E-state index contributed by atoms with van der Waals surface area (Å²) < 4.78 is 0. The van der Waals surface area contributed by atoms with Crippen LogP contribution in [0.3, 0.4) is 0 Å². The summed E-state index contributed by atoms with van der Waals surface area (Å²) in [5.74, 6) is -0.970. The van der Waals surface area contributed by atoms with Gasteiger partial charge < -0.3 is 5.11 Å². The molecular formula is C12H10N2O2. The normalized spacial score (nSPS) is 10.1. The Hall–Kier alpha value is -2.23. The van der Waals surface area contributed by atoms with Gasteiger partial charge in [-0.3, -0.25) is 9.97 Å². The SMILES string of the molecule is Cc1ncccc1-c1ccc(C(=O)O)cn1. The lowest BCUT2D eigenvalue weighted by atomic mass is 10.1. The van der Waals surface area contributed by atoms with E-state index in [0.29, 0.717) is 0 Å². The summed E-state index contributed by atoms with van der Waals surface area (Å²) in [6, 6.07) is 6.96. The number of pyridine rings is 2. The van der Waals surface area contributed by atoms with Crippen LogP contribution in [0.1, 0.15) is 16.1 Å². The number of aromatic nitrogens is 2. The number of carboxylic acid groups (broad SMARTS) is 1. The van der Waals surface area contributed by atoms with Crippen LogP contribution in [0, 0.1) is 6.92 Å². The summed E-state index contributed by atoms with van der Waals surface area (Å²) in [6.45, 7) is 1.89. The van der Waals surface area contributed by atoms with Gasteiger partial charge in [0.25, 0.3) is 0 Å². The third kappa shape index (κ3) is 1.91. The van der Waals surface area contributed by atoms with Crippen molar-refractivity contribution in [2.24, 2.45) is 0 Å². The highest BCUT2D eigenvalue weighted by Gasteiger charge is 2.06. The van der Waals surface area contributed by atoms with Gasteiger partial charge in [0.05, 0.1) is 11.3 Å². The molecule has 2 aromatic rings. The zero-order valence-electron chi connectivity index (χ0n) is 8.71. The van der Waals surface area contributed by atoms with Crippen LogP contribution in [0.15, 0.2) is 36.7 Å². The molecule has 0 aromatic carbocycles. The van der Waals surface area contributed by atoms with Gasteiger partial charge in [0.1, 0.15) is 0 Å². The number of aromatic carboxylic acids is 1. The average Bonchev–Trinajstić information content (AvgIpc) is 2.30. The van der Waals surface area contributed by atoms with E-state index in [1.165, 1.54) is 12.3 Å². The molecule has 4 heteroatoms. The molecule has 0 fully saturated rings. The highest BCUT2D eigenvalue weighted by atomic mass is 16.4. The predicted molar refractivity (Wildman–Crippen MR) is 59.2 cm³/mol. The molecule has 0 unspecified atom stereocenters. The second kappa shape index (κ2) is 4.10. The Morgan fingerprint density at radius 2 is 2.06 bits per heavy atom. The monoisotopic (exact) mass is 214 g/mol. The highest BCUT2D eigenvalue weighted by molar-refractivity contribution is 5.87. The Bertz CT molecular complexity index is 521. The molecule has 1 N–H and O–H groups in total. The summed E-state index contributed by atoms with van der Waals surface area (Å²) >= 11 is 0. The smallest absolute Gasteiger partial charge is 0.337 e. The molecule has 0 aliphatic heterocycles. The van der Waals surface area contributed by atoms with E-state index >= 15 is 0 Å². The van der Waals surface area contributed by atoms with Crippen LogP contribution in [0.5, 0.6) is 0 Å². The van der Waals surface area contributed by atoms with Gasteiger partial charge in [0.2, 0.25) is 0 Å². The third-order valence-electron chi connectivity index (χ3n) is 2.29. The van der Waals surface area contributed by atoms with E-state index in [1.807, 2.05) is 19.1 Å². The third-order valence-corrected chi connectivity index (χ3v) is 2.29. The van der Waals surface area contributed by atoms with E-state index in [1.54, 1.807) is 12.3 Å². The molecule has 0 aliphatic carbocycles. The fourth-order valence-electron chi connectivity index (χ4n) is 1.43. The zero-order valence-corrected chi connectivity index (χ0v) is 8.71. The minimum Gasteiger partial charge on any atom is -0.478 e. The average molecular weight is 214 g/mol. The lowest BCUT2D eigenvalue weighted by Gasteiger charge is -2.03. The largest absolute Gasteiger partial charge is 0.478 e. The first kappa shape index (κ1) is 10.3. The Labute approximate surface area is 92.6 Å². The topological polar surface area (TPSA) is 63.1 Å².